The minimum Gasteiger partial charge on any atom is -0.477 e. The van der Waals surface area contributed by atoms with Crippen molar-refractivity contribution in [1.29, 1.82) is 0 Å². The molecule has 1 spiro atoms. The highest BCUT2D eigenvalue weighted by molar-refractivity contribution is 7.14. The van der Waals surface area contributed by atoms with Gasteiger partial charge in [-0.1, -0.05) is 0 Å². The van der Waals surface area contributed by atoms with E-state index >= 15 is 0 Å². The van der Waals surface area contributed by atoms with Crippen LogP contribution in [0.1, 0.15) is 45.1 Å². The molecule has 1 N–H and O–H groups in total. The normalized spacial score (nSPS) is 23.3. The Hall–Kier alpha value is -2.19. The second-order valence-corrected chi connectivity index (χ2v) is 9.04. The van der Waals surface area contributed by atoms with Crippen LogP contribution in [0.5, 0.6) is 0 Å². The second-order valence-electron chi connectivity index (χ2n) is 7.91. The summed E-state index contributed by atoms with van der Waals surface area (Å²) < 4.78 is 8.19. The molecular weight excluding hydrogens is 378 g/mol. The smallest absolute Gasteiger partial charge is 0.345 e. The molecule has 1 saturated heterocycles. The number of fused-ring (bicyclic) bond motifs is 3. The van der Waals surface area contributed by atoms with E-state index in [9.17, 15) is 14.7 Å². The van der Waals surface area contributed by atoms with Crippen LogP contribution in [-0.2, 0) is 34.5 Å². The molecule has 3 aliphatic heterocycles. The fourth-order valence-corrected chi connectivity index (χ4v) is 5.93. The summed E-state index contributed by atoms with van der Waals surface area (Å²) in [5.41, 5.74) is 1.74. The van der Waals surface area contributed by atoms with Crippen LogP contribution in [0.3, 0.4) is 0 Å². The van der Waals surface area contributed by atoms with E-state index in [0.29, 0.717) is 24.6 Å². The van der Waals surface area contributed by atoms with Gasteiger partial charge in [0.2, 0.25) is 5.91 Å². The second kappa shape index (κ2) is 6.70. The Morgan fingerprint density at radius 1 is 1.29 bits per heavy atom. The third-order valence-electron chi connectivity index (χ3n) is 6.40. The molecule has 5 heterocycles. The largest absolute Gasteiger partial charge is 0.477 e. The van der Waals surface area contributed by atoms with Gasteiger partial charge in [0.25, 0.3) is 0 Å². The van der Waals surface area contributed by atoms with Crippen molar-refractivity contribution in [2.75, 3.05) is 19.7 Å². The van der Waals surface area contributed by atoms with Crippen LogP contribution in [0, 0.1) is 5.92 Å². The van der Waals surface area contributed by atoms with Crippen LogP contribution in [0.25, 0.3) is 0 Å². The molecule has 2 aromatic rings. The molecule has 1 unspecified atom stereocenters. The summed E-state index contributed by atoms with van der Waals surface area (Å²) in [6, 6.07) is 3.79. The summed E-state index contributed by atoms with van der Waals surface area (Å²) in [6.07, 6.45) is 5.62. The maximum atomic E-state index is 13.1. The molecule has 0 saturated carbocycles. The maximum absolute atomic E-state index is 13.1. The number of aromatic nitrogens is 2. The predicted molar refractivity (Wildman–Crippen MR) is 102 cm³/mol. The van der Waals surface area contributed by atoms with Crippen molar-refractivity contribution in [2.24, 2.45) is 5.92 Å². The number of piperidine rings is 1. The topological polar surface area (TPSA) is 84.7 Å². The van der Waals surface area contributed by atoms with Crippen molar-refractivity contribution >= 4 is 23.2 Å². The lowest BCUT2D eigenvalue weighted by molar-refractivity contribution is -0.145. The predicted octanol–water partition coefficient (Wildman–Crippen LogP) is 2.30. The molecular formula is C20H23N3O4S. The van der Waals surface area contributed by atoms with Crippen molar-refractivity contribution in [3.8, 4) is 0 Å². The molecule has 0 aromatic carbocycles. The van der Waals surface area contributed by atoms with Gasteiger partial charge in [0.15, 0.2) is 0 Å². The Labute approximate surface area is 166 Å². The van der Waals surface area contributed by atoms with Crippen molar-refractivity contribution in [3.63, 3.8) is 0 Å². The van der Waals surface area contributed by atoms with Crippen molar-refractivity contribution in [2.45, 2.75) is 44.2 Å². The summed E-state index contributed by atoms with van der Waals surface area (Å²) in [7, 11) is 0. The number of aromatic carboxylic acids is 1. The van der Waals surface area contributed by atoms with E-state index in [0.717, 1.165) is 54.8 Å². The Bertz CT molecular complexity index is 926. The first-order valence-corrected chi connectivity index (χ1v) is 10.7. The Morgan fingerprint density at radius 2 is 2.11 bits per heavy atom. The molecule has 7 nitrogen and oxygen atoms in total. The molecule has 1 atom stereocenters. The molecule has 148 valence electrons. The van der Waals surface area contributed by atoms with Gasteiger partial charge >= 0.3 is 5.97 Å². The zero-order valence-electron chi connectivity index (χ0n) is 15.6. The summed E-state index contributed by atoms with van der Waals surface area (Å²) in [6.45, 7) is 2.74. The number of nitrogens with zero attached hydrogens (tertiary/aromatic N) is 3. The highest BCUT2D eigenvalue weighted by Gasteiger charge is 2.44. The van der Waals surface area contributed by atoms with E-state index in [-0.39, 0.29) is 11.8 Å². The summed E-state index contributed by atoms with van der Waals surface area (Å²) in [5.74, 6) is -0.616. The zero-order chi connectivity index (χ0) is 19.3. The molecule has 5 rings (SSSR count). The number of aryl methyl sites for hydroxylation is 1. The number of likely N-dealkylation sites (tertiary alicyclic amines) is 1. The molecule has 8 heteroatoms. The van der Waals surface area contributed by atoms with Crippen LogP contribution in [-0.4, -0.2) is 51.4 Å². The molecule has 3 aliphatic rings. The number of rotatable bonds is 2. The summed E-state index contributed by atoms with van der Waals surface area (Å²) in [4.78, 5) is 27.9. The van der Waals surface area contributed by atoms with E-state index in [4.69, 9.17) is 4.74 Å². The van der Waals surface area contributed by atoms with E-state index in [1.165, 1.54) is 11.3 Å². The molecule has 2 aromatic heterocycles. The average molecular weight is 401 g/mol. The number of hydrogen-bond acceptors (Lipinski definition) is 5. The van der Waals surface area contributed by atoms with Gasteiger partial charge in [-0.3, -0.25) is 9.48 Å². The molecule has 0 radical (unpaired) electrons. The first-order chi connectivity index (χ1) is 13.6. The van der Waals surface area contributed by atoms with Gasteiger partial charge in [-0.15, -0.1) is 11.3 Å². The van der Waals surface area contributed by atoms with Gasteiger partial charge in [-0.25, -0.2) is 4.79 Å². The standard InChI is InChI=1S/C20H23N3O4S/c24-18(13-2-7-23-14(11-13)1-6-21-23)22-8-4-20(5-9-22)15-12-17(19(25)26)28-16(15)3-10-27-20/h1,6,12-13H,2-5,7-11H2,(H,25,26). The van der Waals surface area contributed by atoms with Gasteiger partial charge in [-0.05, 0) is 37.0 Å². The number of hydrogen-bond donors (Lipinski definition) is 1. The number of carboxylic acids is 1. The molecule has 0 bridgehead atoms. The molecule has 1 amide bonds. The van der Waals surface area contributed by atoms with Crippen LogP contribution < -0.4 is 0 Å². The lowest BCUT2D eigenvalue weighted by Gasteiger charge is -2.44. The quantitative estimate of drug-likeness (QED) is 0.835. The number of thiophene rings is 1. The molecule has 28 heavy (non-hydrogen) atoms. The van der Waals surface area contributed by atoms with Crippen LogP contribution in [0.4, 0.5) is 0 Å². The Morgan fingerprint density at radius 3 is 2.89 bits per heavy atom. The van der Waals surface area contributed by atoms with Gasteiger partial charge in [0.1, 0.15) is 4.88 Å². The molecule has 0 aliphatic carbocycles. The lowest BCUT2D eigenvalue weighted by atomic mass is 9.81. The monoisotopic (exact) mass is 401 g/mol. The highest BCUT2D eigenvalue weighted by atomic mass is 32.1. The van der Waals surface area contributed by atoms with E-state index in [1.807, 2.05) is 15.6 Å². The third-order valence-corrected chi connectivity index (χ3v) is 7.58. The minimum absolute atomic E-state index is 0.0286. The van der Waals surface area contributed by atoms with Gasteiger partial charge < -0.3 is 14.7 Å². The number of amides is 1. The number of carbonyl (C=O) groups excluding carboxylic acids is 1. The zero-order valence-corrected chi connectivity index (χ0v) is 16.4. The van der Waals surface area contributed by atoms with Gasteiger partial charge in [-0.2, -0.15) is 5.10 Å². The Kier molecular flexibility index (Phi) is 4.28. The van der Waals surface area contributed by atoms with Crippen molar-refractivity contribution in [3.05, 3.63) is 39.3 Å². The lowest BCUT2D eigenvalue weighted by Crippen LogP contribution is -2.50. The number of ether oxygens (including phenoxy) is 1. The van der Waals surface area contributed by atoms with Crippen molar-refractivity contribution < 1.29 is 19.4 Å². The third kappa shape index (κ3) is 2.86. The minimum atomic E-state index is -0.876. The van der Waals surface area contributed by atoms with E-state index in [2.05, 4.69) is 5.10 Å². The van der Waals surface area contributed by atoms with Gasteiger partial charge in [0.05, 0.1) is 12.2 Å². The van der Waals surface area contributed by atoms with Crippen LogP contribution >= 0.6 is 11.3 Å². The van der Waals surface area contributed by atoms with E-state index < -0.39 is 11.6 Å². The summed E-state index contributed by atoms with van der Waals surface area (Å²) >= 11 is 1.37. The Balaban J connectivity index is 1.29. The van der Waals surface area contributed by atoms with E-state index in [1.54, 1.807) is 12.3 Å². The highest BCUT2D eigenvalue weighted by Crippen LogP contribution is 2.45. The van der Waals surface area contributed by atoms with Gasteiger partial charge in [0, 0.05) is 55.2 Å². The maximum Gasteiger partial charge on any atom is 0.345 e. The number of carboxylic acid groups (broad SMARTS) is 1. The van der Waals surface area contributed by atoms with Crippen LogP contribution in [0.2, 0.25) is 0 Å². The first-order valence-electron chi connectivity index (χ1n) is 9.86. The SMILES string of the molecule is O=C(O)c1cc2c(s1)CCOC21CCN(C(=O)C2CCn3nccc3C2)CC1. The first kappa shape index (κ1) is 17.9. The fraction of sp³-hybridized carbons (Fsp3) is 0.550. The molecule has 1 fully saturated rings. The fourth-order valence-electron chi connectivity index (χ4n) is 4.86. The van der Waals surface area contributed by atoms with Crippen LogP contribution in [0.15, 0.2) is 18.3 Å². The summed E-state index contributed by atoms with van der Waals surface area (Å²) in [5, 5.41) is 13.6. The number of carbonyl (C=O) groups is 2. The average Bonchev–Trinajstić information content (AvgIpc) is 3.35. The van der Waals surface area contributed by atoms with Crippen molar-refractivity contribution in [1.82, 2.24) is 14.7 Å².